The highest BCUT2D eigenvalue weighted by Crippen LogP contribution is 2.25. The van der Waals surface area contributed by atoms with Crippen molar-refractivity contribution >= 4 is 10.9 Å². The predicted octanol–water partition coefficient (Wildman–Crippen LogP) is 4.27. The van der Waals surface area contributed by atoms with E-state index in [1.165, 1.54) is 0 Å². The minimum absolute atomic E-state index is 0.125. The monoisotopic (exact) mass is 328 g/mol. The number of pyridine rings is 2. The molecule has 0 aliphatic rings. The van der Waals surface area contributed by atoms with Gasteiger partial charge in [-0.25, -0.2) is 0 Å². The first kappa shape index (κ1) is 15.1. The molecule has 0 amide bonds. The topological polar surface area (TPSA) is 55.0 Å². The molecule has 0 bridgehead atoms. The largest absolute Gasteiger partial charge is 0.497 e. The molecule has 0 saturated carbocycles. The second-order valence-corrected chi connectivity index (χ2v) is 5.75. The van der Waals surface area contributed by atoms with E-state index in [4.69, 9.17) is 4.74 Å². The molecule has 4 rings (SSSR count). The van der Waals surface area contributed by atoms with Gasteiger partial charge < -0.3 is 9.72 Å². The number of hydrogen-bond donors (Lipinski definition) is 1. The van der Waals surface area contributed by atoms with Gasteiger partial charge in [-0.15, -0.1) is 0 Å². The number of hydrogen-bond acceptors (Lipinski definition) is 3. The summed E-state index contributed by atoms with van der Waals surface area (Å²) >= 11 is 0. The number of nitrogens with zero attached hydrogens (tertiary/aromatic N) is 1. The van der Waals surface area contributed by atoms with Gasteiger partial charge in [-0.05, 0) is 47.0 Å². The number of fused-ring (bicyclic) bond motifs is 1. The van der Waals surface area contributed by atoms with Crippen LogP contribution in [-0.4, -0.2) is 17.1 Å². The van der Waals surface area contributed by atoms with Crippen molar-refractivity contribution in [1.82, 2.24) is 9.97 Å². The summed E-state index contributed by atoms with van der Waals surface area (Å²) in [4.78, 5) is 19.4. The molecule has 0 atom stereocenters. The van der Waals surface area contributed by atoms with Crippen LogP contribution in [0.1, 0.15) is 0 Å². The van der Waals surface area contributed by atoms with Crippen molar-refractivity contribution in [2.75, 3.05) is 7.11 Å². The average molecular weight is 328 g/mol. The lowest BCUT2D eigenvalue weighted by Crippen LogP contribution is -2.07. The Hall–Kier alpha value is -3.40. The van der Waals surface area contributed by atoms with E-state index in [1.807, 2.05) is 54.6 Å². The first-order valence-electron chi connectivity index (χ1n) is 7.97. The Kier molecular flexibility index (Phi) is 3.78. The molecule has 1 N–H and O–H groups in total. The molecule has 2 heterocycles. The third kappa shape index (κ3) is 2.90. The molecule has 25 heavy (non-hydrogen) atoms. The number of ether oxygens (including phenoxy) is 1. The van der Waals surface area contributed by atoms with E-state index >= 15 is 0 Å². The van der Waals surface area contributed by atoms with Crippen LogP contribution in [0.4, 0.5) is 0 Å². The first-order valence-corrected chi connectivity index (χ1v) is 7.97. The second kappa shape index (κ2) is 6.24. The van der Waals surface area contributed by atoms with Crippen molar-refractivity contribution < 1.29 is 4.74 Å². The molecule has 2 aromatic heterocycles. The van der Waals surface area contributed by atoms with Crippen LogP contribution in [0.15, 0.2) is 77.7 Å². The maximum Gasteiger partial charge on any atom is 0.257 e. The van der Waals surface area contributed by atoms with E-state index in [9.17, 15) is 4.79 Å². The summed E-state index contributed by atoms with van der Waals surface area (Å²) in [6.07, 6.45) is 1.69. The molecular weight excluding hydrogens is 312 g/mol. The van der Waals surface area contributed by atoms with Crippen molar-refractivity contribution in [3.8, 4) is 28.1 Å². The lowest BCUT2D eigenvalue weighted by Gasteiger charge is -2.07. The van der Waals surface area contributed by atoms with Gasteiger partial charge >= 0.3 is 0 Å². The smallest absolute Gasteiger partial charge is 0.257 e. The summed E-state index contributed by atoms with van der Waals surface area (Å²) in [5.74, 6) is 0.835. The zero-order chi connectivity index (χ0) is 17.2. The molecule has 0 unspecified atom stereocenters. The predicted molar refractivity (Wildman–Crippen MR) is 99.8 cm³/mol. The minimum Gasteiger partial charge on any atom is -0.497 e. The average Bonchev–Trinajstić information content (AvgIpc) is 2.68. The number of aromatic amines is 1. The standard InChI is InChI=1S/C21H16N2O2/c1-25-17-10-8-15(9-11-17)14-4-6-16(7-5-14)19-13-20-18(21(24)23-19)3-2-12-22-20/h2-13H,1H3,(H,23,24). The van der Waals surface area contributed by atoms with Crippen LogP contribution in [0.2, 0.25) is 0 Å². The molecule has 4 aromatic rings. The molecular formula is C21H16N2O2. The van der Waals surface area contributed by atoms with Gasteiger partial charge in [0.15, 0.2) is 0 Å². The molecule has 0 aliphatic heterocycles. The Morgan fingerprint density at radius 3 is 2.20 bits per heavy atom. The van der Waals surface area contributed by atoms with Crippen LogP contribution in [0, 0.1) is 0 Å². The number of methoxy groups -OCH3 is 1. The fourth-order valence-corrected chi connectivity index (χ4v) is 2.87. The van der Waals surface area contributed by atoms with E-state index in [2.05, 4.69) is 9.97 Å². The fourth-order valence-electron chi connectivity index (χ4n) is 2.87. The quantitative estimate of drug-likeness (QED) is 0.611. The molecule has 0 aliphatic carbocycles. The third-order valence-electron chi connectivity index (χ3n) is 4.23. The van der Waals surface area contributed by atoms with Crippen LogP contribution in [-0.2, 0) is 0 Å². The van der Waals surface area contributed by atoms with Gasteiger partial charge in [0.05, 0.1) is 23.7 Å². The Balaban J connectivity index is 1.71. The molecule has 4 nitrogen and oxygen atoms in total. The number of nitrogens with one attached hydrogen (secondary N) is 1. The van der Waals surface area contributed by atoms with Gasteiger partial charge in [0, 0.05) is 6.20 Å². The molecule has 122 valence electrons. The van der Waals surface area contributed by atoms with Crippen molar-refractivity contribution in [2.24, 2.45) is 0 Å². The normalized spacial score (nSPS) is 10.8. The van der Waals surface area contributed by atoms with Gasteiger partial charge in [0.2, 0.25) is 0 Å². The van der Waals surface area contributed by atoms with Crippen LogP contribution >= 0.6 is 0 Å². The molecule has 0 spiro atoms. The minimum atomic E-state index is -0.125. The first-order chi connectivity index (χ1) is 12.2. The summed E-state index contributed by atoms with van der Waals surface area (Å²) in [5, 5.41) is 0.598. The fraction of sp³-hybridized carbons (Fsp3) is 0.0476. The van der Waals surface area contributed by atoms with E-state index in [1.54, 1.807) is 25.4 Å². The summed E-state index contributed by atoms with van der Waals surface area (Å²) in [5.41, 5.74) is 4.49. The molecule has 2 aromatic carbocycles. The highest BCUT2D eigenvalue weighted by molar-refractivity contribution is 5.81. The van der Waals surface area contributed by atoms with E-state index in [-0.39, 0.29) is 5.56 Å². The van der Waals surface area contributed by atoms with Crippen LogP contribution in [0.5, 0.6) is 5.75 Å². The highest BCUT2D eigenvalue weighted by atomic mass is 16.5. The van der Waals surface area contributed by atoms with Crippen LogP contribution < -0.4 is 10.3 Å². The van der Waals surface area contributed by atoms with Gasteiger partial charge in [-0.2, -0.15) is 0 Å². The summed E-state index contributed by atoms with van der Waals surface area (Å²) in [6, 6.07) is 21.4. The number of aromatic nitrogens is 2. The summed E-state index contributed by atoms with van der Waals surface area (Å²) in [7, 11) is 1.66. The van der Waals surface area contributed by atoms with Crippen molar-refractivity contribution in [1.29, 1.82) is 0 Å². The Morgan fingerprint density at radius 2 is 1.52 bits per heavy atom. The molecule has 4 heteroatoms. The zero-order valence-electron chi connectivity index (χ0n) is 13.7. The van der Waals surface area contributed by atoms with Gasteiger partial charge in [-0.3, -0.25) is 9.78 Å². The zero-order valence-corrected chi connectivity index (χ0v) is 13.7. The Bertz CT molecular complexity index is 1080. The van der Waals surface area contributed by atoms with Crippen molar-refractivity contribution in [2.45, 2.75) is 0 Å². The second-order valence-electron chi connectivity index (χ2n) is 5.75. The Labute approximate surface area is 144 Å². The van der Waals surface area contributed by atoms with E-state index in [0.717, 1.165) is 28.1 Å². The van der Waals surface area contributed by atoms with Crippen LogP contribution in [0.25, 0.3) is 33.3 Å². The Morgan fingerprint density at radius 1 is 0.880 bits per heavy atom. The highest BCUT2D eigenvalue weighted by Gasteiger charge is 2.05. The maximum atomic E-state index is 12.2. The summed E-state index contributed by atoms with van der Waals surface area (Å²) < 4.78 is 5.19. The summed E-state index contributed by atoms with van der Waals surface area (Å²) in [6.45, 7) is 0. The van der Waals surface area contributed by atoms with Gasteiger partial charge in [0.25, 0.3) is 5.56 Å². The molecule has 0 fully saturated rings. The van der Waals surface area contributed by atoms with Crippen molar-refractivity contribution in [3.05, 3.63) is 83.3 Å². The number of rotatable bonds is 3. The SMILES string of the molecule is COc1ccc(-c2ccc(-c3cc4ncccc4c(=O)[nH]3)cc2)cc1. The van der Waals surface area contributed by atoms with Gasteiger partial charge in [0.1, 0.15) is 5.75 Å². The lowest BCUT2D eigenvalue weighted by atomic mass is 10.0. The maximum absolute atomic E-state index is 12.2. The van der Waals surface area contributed by atoms with Crippen LogP contribution in [0.3, 0.4) is 0 Å². The lowest BCUT2D eigenvalue weighted by molar-refractivity contribution is 0.415. The van der Waals surface area contributed by atoms with Crippen molar-refractivity contribution in [3.63, 3.8) is 0 Å². The molecule has 0 saturated heterocycles. The third-order valence-corrected chi connectivity index (χ3v) is 4.23. The number of H-pyrrole nitrogens is 1. The van der Waals surface area contributed by atoms with E-state index in [0.29, 0.717) is 10.9 Å². The number of benzene rings is 2. The van der Waals surface area contributed by atoms with Gasteiger partial charge in [-0.1, -0.05) is 36.4 Å². The molecule has 0 radical (unpaired) electrons. The van der Waals surface area contributed by atoms with E-state index < -0.39 is 0 Å².